The highest BCUT2D eigenvalue weighted by molar-refractivity contribution is 5.89. The van der Waals surface area contributed by atoms with Gasteiger partial charge in [-0.2, -0.15) is 0 Å². The minimum absolute atomic E-state index is 0.124. The molecule has 0 saturated carbocycles. The number of hydrogen-bond donors (Lipinski definition) is 4. The molecule has 7 aromatic rings. The molecule has 0 spiro atoms. The van der Waals surface area contributed by atoms with Crippen LogP contribution in [0, 0.1) is 11.8 Å². The number of carbonyl (C=O) groups is 4. The topological polar surface area (TPSA) is 197 Å². The van der Waals surface area contributed by atoms with Crippen LogP contribution in [0.1, 0.15) is 121 Å². The van der Waals surface area contributed by atoms with Crippen molar-refractivity contribution in [2.45, 2.75) is 110 Å². The fourth-order valence-electron chi connectivity index (χ4n) is 10.8. The first-order valence-corrected chi connectivity index (χ1v) is 25.9. The van der Waals surface area contributed by atoms with Crippen LogP contribution in [-0.2, 0) is 14.3 Å². The monoisotopic (exact) mass is 997 g/mol. The summed E-state index contributed by atoms with van der Waals surface area (Å²) in [5.74, 6) is 1.51. The Hall–Kier alpha value is -7.85. The van der Waals surface area contributed by atoms with Gasteiger partial charge >= 0.3 is 12.2 Å². The first kappa shape index (κ1) is 49.7. The van der Waals surface area contributed by atoms with E-state index in [1.807, 2.05) is 74.0 Å². The number of nitrogens with zero attached hydrogens (tertiary/aromatic N) is 5. The minimum atomic E-state index is -0.773. The maximum absolute atomic E-state index is 14.2. The summed E-state index contributed by atoms with van der Waals surface area (Å²) >= 11 is 0. The lowest BCUT2D eigenvalue weighted by atomic mass is 9.87. The lowest BCUT2D eigenvalue weighted by molar-refractivity contribution is -0.136. The second-order valence-corrected chi connectivity index (χ2v) is 20.1. The number of para-hydroxylation sites is 2. The van der Waals surface area contributed by atoms with Gasteiger partial charge in [0.25, 0.3) is 0 Å². The largest absolute Gasteiger partial charge is 0.413 e. The van der Waals surface area contributed by atoms with Crippen LogP contribution < -0.4 is 20.1 Å². The van der Waals surface area contributed by atoms with Crippen molar-refractivity contribution >= 4 is 35.0 Å². The van der Waals surface area contributed by atoms with E-state index in [9.17, 15) is 19.2 Å². The molecular weight excluding hydrogens is 935 g/mol. The van der Waals surface area contributed by atoms with E-state index in [1.54, 1.807) is 54.7 Å². The van der Waals surface area contributed by atoms with Crippen LogP contribution in [0.2, 0.25) is 0 Å². The molecule has 382 valence electrons. The molecule has 4 aromatic carbocycles. The number of carbonyl (C=O) groups excluding carboxylic acids is 4. The normalized spacial score (nSPS) is 19.2. The zero-order chi connectivity index (χ0) is 51.6. The van der Waals surface area contributed by atoms with Crippen LogP contribution >= 0.6 is 0 Å². The van der Waals surface area contributed by atoms with E-state index in [1.165, 1.54) is 0 Å². The molecule has 10 rings (SSSR count). The molecule has 0 aliphatic carbocycles. The quantitative estimate of drug-likeness (QED) is 0.0813. The van der Waals surface area contributed by atoms with Gasteiger partial charge in [-0.15, -0.1) is 0 Å². The Balaban J connectivity index is 0.853. The van der Waals surface area contributed by atoms with E-state index in [0.29, 0.717) is 36.2 Å². The number of ether oxygens (including phenoxy) is 3. The number of hydrogen-bond acceptors (Lipinski definition) is 10. The number of likely N-dealkylation sites (tertiary alicyclic amines) is 2. The number of H-pyrrole nitrogens is 2. The average Bonchev–Trinajstić information content (AvgIpc) is 4.27. The predicted molar refractivity (Wildman–Crippen MR) is 281 cm³/mol. The predicted octanol–water partition coefficient (Wildman–Crippen LogP) is 11.2. The molecule has 3 aliphatic rings. The van der Waals surface area contributed by atoms with Gasteiger partial charge in [-0.3, -0.25) is 14.6 Å². The molecule has 3 aromatic heterocycles. The Morgan fingerprint density at radius 2 is 1.26 bits per heavy atom. The van der Waals surface area contributed by atoms with Crippen LogP contribution in [0.5, 0.6) is 11.5 Å². The summed E-state index contributed by atoms with van der Waals surface area (Å²) < 4.78 is 17.6. The molecule has 74 heavy (non-hydrogen) atoms. The molecular formula is C58H63N9O7. The number of fused-ring (bicyclic) bond motifs is 2. The van der Waals surface area contributed by atoms with Gasteiger partial charge in [0.2, 0.25) is 11.8 Å². The number of aromatic nitrogens is 5. The molecule has 0 bridgehead atoms. The maximum Gasteiger partial charge on any atom is 0.413 e. The fourth-order valence-corrected chi connectivity index (χ4v) is 10.8. The second-order valence-electron chi connectivity index (χ2n) is 20.1. The maximum atomic E-state index is 14.2. The number of imidazole rings is 2. The molecule has 16 heteroatoms. The summed E-state index contributed by atoms with van der Waals surface area (Å²) in [5, 5.41) is 5.63. The number of nitrogens with one attached hydrogen (secondary N) is 4. The van der Waals surface area contributed by atoms with E-state index in [-0.39, 0.29) is 47.9 Å². The third-order valence-electron chi connectivity index (χ3n) is 14.5. The number of aromatic amines is 2. The third kappa shape index (κ3) is 10.1. The molecule has 6 heterocycles. The van der Waals surface area contributed by atoms with Crippen molar-refractivity contribution in [3.8, 4) is 45.1 Å². The average molecular weight is 998 g/mol. The standard InChI is InChI=1S/C58H63N9O7/c1-7-48-50-41(42-26-23-37(31-59-42)45-32-60-53(63-45)46-20-14-28-66(46)55(68)51(33(2)3)64-57(70)73-38-16-10-8-11-17-38)25-24-40(49(50)35(6)72-48)36-22-27-43-44(30-36)62-54(61-43)47-21-15-29-67(47)56(69)52(34(4)5)65-58(71)74-39-18-12-9-13-19-39/h8-13,16-19,22-27,30-35,46-48,51-52H,7,14-15,20-21,28-29H2,1-6H3,(H,60,63)(H,61,62)(H,64,70)(H,65,71)/t35?,46-,47+,48?,51-,52-/m0/s1. The van der Waals surface area contributed by atoms with Gasteiger partial charge in [0.1, 0.15) is 35.2 Å². The van der Waals surface area contributed by atoms with Crippen molar-refractivity contribution in [2.24, 2.45) is 11.8 Å². The van der Waals surface area contributed by atoms with Crippen LogP contribution in [0.25, 0.3) is 44.7 Å². The highest BCUT2D eigenvalue weighted by Crippen LogP contribution is 2.49. The van der Waals surface area contributed by atoms with Crippen molar-refractivity contribution in [1.29, 1.82) is 0 Å². The van der Waals surface area contributed by atoms with Crippen molar-refractivity contribution in [3.63, 3.8) is 0 Å². The third-order valence-corrected chi connectivity index (χ3v) is 14.5. The molecule has 4 N–H and O–H groups in total. The van der Waals surface area contributed by atoms with Gasteiger partial charge in [0.15, 0.2) is 0 Å². The van der Waals surface area contributed by atoms with Gasteiger partial charge in [0.05, 0.1) is 52.9 Å². The van der Waals surface area contributed by atoms with Gasteiger partial charge in [-0.25, -0.2) is 19.6 Å². The molecule has 3 aliphatic heterocycles. The number of rotatable bonds is 14. The Bertz CT molecular complexity index is 3160. The fraction of sp³-hybridized carbons (Fsp3) is 0.362. The molecule has 2 saturated heterocycles. The van der Waals surface area contributed by atoms with E-state index < -0.39 is 24.3 Å². The smallest absolute Gasteiger partial charge is 0.410 e. The van der Waals surface area contributed by atoms with Crippen molar-refractivity contribution < 1.29 is 33.4 Å². The van der Waals surface area contributed by atoms with Gasteiger partial charge < -0.3 is 44.6 Å². The molecule has 16 nitrogen and oxygen atoms in total. The van der Waals surface area contributed by atoms with Gasteiger partial charge in [-0.05, 0) is 122 Å². The number of benzene rings is 4. The highest BCUT2D eigenvalue weighted by Gasteiger charge is 2.40. The first-order chi connectivity index (χ1) is 35.8. The first-order valence-electron chi connectivity index (χ1n) is 25.9. The van der Waals surface area contributed by atoms with Crippen LogP contribution in [0.15, 0.2) is 116 Å². The van der Waals surface area contributed by atoms with E-state index in [4.69, 9.17) is 29.2 Å². The van der Waals surface area contributed by atoms with E-state index in [2.05, 4.69) is 58.7 Å². The summed E-state index contributed by atoms with van der Waals surface area (Å²) in [5.41, 5.74) is 9.48. The molecule has 6 atom stereocenters. The van der Waals surface area contributed by atoms with Crippen LogP contribution in [-0.4, -0.2) is 83.9 Å². The molecule has 4 amide bonds. The van der Waals surface area contributed by atoms with E-state index >= 15 is 0 Å². The summed E-state index contributed by atoms with van der Waals surface area (Å²) in [6.45, 7) is 13.0. The summed E-state index contributed by atoms with van der Waals surface area (Å²) in [7, 11) is 0. The highest BCUT2D eigenvalue weighted by atomic mass is 16.6. The Labute approximate surface area is 430 Å². The summed E-state index contributed by atoms with van der Waals surface area (Å²) in [6.07, 6.45) is 5.90. The Morgan fingerprint density at radius 1 is 0.676 bits per heavy atom. The lowest BCUT2D eigenvalue weighted by Crippen LogP contribution is -2.51. The minimum Gasteiger partial charge on any atom is -0.410 e. The van der Waals surface area contributed by atoms with Gasteiger partial charge in [-0.1, -0.05) is 89.2 Å². The van der Waals surface area contributed by atoms with E-state index in [0.717, 1.165) is 87.9 Å². The molecule has 2 unspecified atom stereocenters. The SMILES string of the molecule is CCC1OC(C)c2c(-c3ccc4nc([C@H]5CCCN5C(=O)[C@@H](NC(=O)Oc5ccccc5)C(C)C)[nH]c4c3)ccc(-c3ccc(-c4cnc([C@@H]5CCCN5C(=O)[C@@H](NC(=O)Oc5ccccc5)C(C)C)[nH]4)cn3)c21. The zero-order valence-corrected chi connectivity index (χ0v) is 42.6. The summed E-state index contributed by atoms with van der Waals surface area (Å²) in [4.78, 5) is 79.5. The Morgan fingerprint density at radius 3 is 1.82 bits per heavy atom. The van der Waals surface area contributed by atoms with Crippen LogP contribution in [0.3, 0.4) is 0 Å². The molecule has 0 radical (unpaired) electrons. The van der Waals surface area contributed by atoms with Crippen molar-refractivity contribution in [1.82, 2.24) is 45.4 Å². The molecule has 2 fully saturated rings. The number of amides is 4. The zero-order valence-electron chi connectivity index (χ0n) is 42.6. The van der Waals surface area contributed by atoms with Crippen LogP contribution in [0.4, 0.5) is 9.59 Å². The van der Waals surface area contributed by atoms with Gasteiger partial charge in [0, 0.05) is 30.4 Å². The summed E-state index contributed by atoms with van der Waals surface area (Å²) in [6, 6.07) is 30.1. The van der Waals surface area contributed by atoms with Crippen molar-refractivity contribution in [3.05, 3.63) is 138 Å². The number of pyridine rings is 1. The lowest BCUT2D eigenvalue weighted by Gasteiger charge is -2.30. The Kier molecular flexibility index (Phi) is 14.3. The second kappa shape index (κ2) is 21.3. The van der Waals surface area contributed by atoms with Crippen molar-refractivity contribution in [2.75, 3.05) is 13.1 Å².